The number of alkyl halides is 3. The first-order valence-electron chi connectivity index (χ1n) is 7.58. The molecule has 3 heterocycles. The van der Waals surface area contributed by atoms with Gasteiger partial charge in [-0.2, -0.15) is 17.5 Å². The van der Waals surface area contributed by atoms with Gasteiger partial charge in [0.15, 0.2) is 11.5 Å². The van der Waals surface area contributed by atoms with E-state index in [1.54, 1.807) is 0 Å². The lowest BCUT2D eigenvalue weighted by atomic mass is 10.0. The second-order valence-electron chi connectivity index (χ2n) is 5.94. The molecule has 0 amide bonds. The number of halogens is 3. The summed E-state index contributed by atoms with van der Waals surface area (Å²) in [6.45, 7) is -0.686. The van der Waals surface area contributed by atoms with E-state index < -0.39 is 28.8 Å². The Morgan fingerprint density at radius 1 is 1.28 bits per heavy atom. The quantitative estimate of drug-likeness (QED) is 0.858. The van der Waals surface area contributed by atoms with Gasteiger partial charge >= 0.3 is 6.18 Å². The first-order chi connectivity index (χ1) is 11.6. The molecule has 1 N–H and O–H groups in total. The Morgan fingerprint density at radius 3 is 2.56 bits per heavy atom. The molecule has 8 nitrogen and oxygen atoms in total. The Hall–Kier alpha value is -1.95. The van der Waals surface area contributed by atoms with Gasteiger partial charge in [0, 0.05) is 19.1 Å². The summed E-state index contributed by atoms with van der Waals surface area (Å²) in [5.74, 6) is 0.614. The Labute approximate surface area is 142 Å². The molecule has 0 aliphatic carbocycles. The predicted octanol–water partition coefficient (Wildman–Crippen LogP) is 1.15. The van der Waals surface area contributed by atoms with Gasteiger partial charge in [-0.15, -0.1) is 0 Å². The predicted molar refractivity (Wildman–Crippen MR) is 84.5 cm³/mol. The third kappa shape index (κ3) is 4.00. The third-order valence-electron chi connectivity index (χ3n) is 4.14. The van der Waals surface area contributed by atoms with Crippen molar-refractivity contribution in [1.82, 2.24) is 24.2 Å². The van der Waals surface area contributed by atoms with E-state index in [9.17, 15) is 21.6 Å². The number of rotatable bonds is 4. The van der Waals surface area contributed by atoms with Gasteiger partial charge in [0.25, 0.3) is 0 Å². The summed E-state index contributed by atoms with van der Waals surface area (Å²) in [7, 11) is -3.95. The molecule has 1 aliphatic rings. The van der Waals surface area contributed by atoms with Crippen molar-refractivity contribution in [1.29, 1.82) is 0 Å². The molecule has 0 aromatic carbocycles. The second-order valence-corrected chi connectivity index (χ2v) is 7.88. The monoisotopic (exact) mass is 378 g/mol. The number of sulfonamides is 1. The minimum absolute atomic E-state index is 0.281. The first-order valence-corrected chi connectivity index (χ1v) is 9.42. The second kappa shape index (κ2) is 6.41. The molecule has 0 saturated carbocycles. The maximum absolute atomic E-state index is 12.7. The molecular weight excluding hydrogens is 361 g/mol. The van der Waals surface area contributed by atoms with Crippen molar-refractivity contribution in [2.24, 2.45) is 0 Å². The molecule has 138 valence electrons. The summed E-state index contributed by atoms with van der Waals surface area (Å²) >= 11 is 0. The highest BCUT2D eigenvalue weighted by atomic mass is 32.2. The molecule has 25 heavy (non-hydrogen) atoms. The van der Waals surface area contributed by atoms with E-state index in [0.717, 1.165) is 6.26 Å². The number of anilines is 1. The number of aromatic nitrogens is 4. The molecule has 0 spiro atoms. The summed E-state index contributed by atoms with van der Waals surface area (Å²) in [4.78, 5) is 17.1. The number of aromatic amines is 1. The van der Waals surface area contributed by atoms with E-state index >= 15 is 0 Å². The highest BCUT2D eigenvalue weighted by Gasteiger charge is 2.39. The number of fused-ring (bicyclic) bond motifs is 1. The van der Waals surface area contributed by atoms with Crippen LogP contribution in [-0.2, 0) is 10.0 Å². The van der Waals surface area contributed by atoms with Gasteiger partial charge in [-0.1, -0.05) is 0 Å². The van der Waals surface area contributed by atoms with E-state index in [2.05, 4.69) is 19.9 Å². The fourth-order valence-corrected chi connectivity index (χ4v) is 4.18. The van der Waals surface area contributed by atoms with Crippen molar-refractivity contribution in [3.05, 3.63) is 12.7 Å². The first kappa shape index (κ1) is 17.9. The molecule has 0 atom stereocenters. The highest BCUT2D eigenvalue weighted by molar-refractivity contribution is 7.88. The highest BCUT2D eigenvalue weighted by Crippen LogP contribution is 2.28. The normalized spacial score (nSPS) is 17.6. The summed E-state index contributed by atoms with van der Waals surface area (Å²) < 4.78 is 62.3. The Kier molecular flexibility index (Phi) is 4.58. The van der Waals surface area contributed by atoms with E-state index in [1.165, 1.54) is 12.7 Å². The third-order valence-corrected chi connectivity index (χ3v) is 5.41. The number of H-pyrrole nitrogens is 1. The van der Waals surface area contributed by atoms with Crippen LogP contribution in [-0.4, -0.2) is 70.8 Å². The number of imidazole rings is 1. The minimum atomic E-state index is -4.57. The van der Waals surface area contributed by atoms with E-state index in [4.69, 9.17) is 0 Å². The summed E-state index contributed by atoms with van der Waals surface area (Å²) in [5, 5.41) is 0. The summed E-state index contributed by atoms with van der Waals surface area (Å²) in [6.07, 6.45) is -0.342. The number of hydrogen-bond acceptors (Lipinski definition) is 6. The van der Waals surface area contributed by atoms with Gasteiger partial charge in [0.05, 0.1) is 12.6 Å². The molecule has 3 rings (SSSR count). The SMILES string of the molecule is CS(=O)(=O)N(CC(F)(F)F)C1CCN(c2ncnc3nc[nH]c23)CC1. The van der Waals surface area contributed by atoms with Crippen LogP contribution in [0.3, 0.4) is 0 Å². The van der Waals surface area contributed by atoms with Crippen LogP contribution in [0.15, 0.2) is 12.7 Å². The van der Waals surface area contributed by atoms with Gasteiger partial charge in [-0.05, 0) is 12.8 Å². The zero-order valence-corrected chi connectivity index (χ0v) is 14.2. The Balaban J connectivity index is 1.75. The maximum Gasteiger partial charge on any atom is 0.402 e. The lowest BCUT2D eigenvalue weighted by Crippen LogP contribution is -2.50. The zero-order chi connectivity index (χ0) is 18.2. The van der Waals surface area contributed by atoms with E-state index in [1.807, 2.05) is 4.90 Å². The minimum Gasteiger partial charge on any atom is -0.355 e. The van der Waals surface area contributed by atoms with Gasteiger partial charge in [0.1, 0.15) is 18.4 Å². The summed E-state index contributed by atoms with van der Waals surface area (Å²) in [6, 6.07) is -0.688. The van der Waals surface area contributed by atoms with Gasteiger partial charge in [-0.3, -0.25) is 0 Å². The van der Waals surface area contributed by atoms with Crippen LogP contribution < -0.4 is 4.90 Å². The van der Waals surface area contributed by atoms with Crippen molar-refractivity contribution < 1.29 is 21.6 Å². The summed E-state index contributed by atoms with van der Waals surface area (Å²) in [5.41, 5.74) is 1.15. The van der Waals surface area contributed by atoms with Crippen molar-refractivity contribution in [3.63, 3.8) is 0 Å². The fraction of sp³-hybridized carbons (Fsp3) is 0.615. The van der Waals surface area contributed by atoms with Crippen LogP contribution in [0.4, 0.5) is 19.0 Å². The number of nitrogens with one attached hydrogen (secondary N) is 1. The largest absolute Gasteiger partial charge is 0.402 e. The lowest BCUT2D eigenvalue weighted by Gasteiger charge is -2.37. The molecule has 0 bridgehead atoms. The van der Waals surface area contributed by atoms with E-state index in [-0.39, 0.29) is 12.8 Å². The Morgan fingerprint density at radius 2 is 1.96 bits per heavy atom. The van der Waals surface area contributed by atoms with Crippen LogP contribution in [0.1, 0.15) is 12.8 Å². The van der Waals surface area contributed by atoms with Crippen LogP contribution in [0.25, 0.3) is 11.2 Å². The molecule has 2 aromatic heterocycles. The molecule has 2 aromatic rings. The van der Waals surface area contributed by atoms with Crippen LogP contribution in [0, 0.1) is 0 Å². The number of piperidine rings is 1. The van der Waals surface area contributed by atoms with Crippen molar-refractivity contribution in [2.45, 2.75) is 25.1 Å². The van der Waals surface area contributed by atoms with Crippen LogP contribution in [0.2, 0.25) is 0 Å². The molecule has 0 radical (unpaired) electrons. The topological polar surface area (TPSA) is 95.1 Å². The number of hydrogen-bond donors (Lipinski definition) is 1. The molecule has 12 heteroatoms. The van der Waals surface area contributed by atoms with Gasteiger partial charge in [0.2, 0.25) is 10.0 Å². The van der Waals surface area contributed by atoms with Gasteiger partial charge in [-0.25, -0.2) is 23.4 Å². The van der Waals surface area contributed by atoms with Crippen molar-refractivity contribution >= 4 is 27.0 Å². The molecule has 0 unspecified atom stereocenters. The van der Waals surface area contributed by atoms with Crippen molar-refractivity contribution in [3.8, 4) is 0 Å². The lowest BCUT2D eigenvalue weighted by molar-refractivity contribution is -0.139. The smallest absolute Gasteiger partial charge is 0.355 e. The maximum atomic E-state index is 12.7. The average Bonchev–Trinajstić information content (AvgIpc) is 2.99. The average molecular weight is 378 g/mol. The zero-order valence-electron chi connectivity index (χ0n) is 13.4. The van der Waals surface area contributed by atoms with Gasteiger partial charge < -0.3 is 9.88 Å². The molecule has 1 fully saturated rings. The molecule has 1 aliphatic heterocycles. The standard InChI is InChI=1S/C13H17F3N6O2S/c1-25(23,24)22(6-13(14,15)16)9-2-4-21(5-3-9)12-10-11(18-7-17-10)19-8-20-12/h7-9H,2-6H2,1H3,(H,17,18,19,20). The van der Waals surface area contributed by atoms with Crippen molar-refractivity contribution in [2.75, 3.05) is 30.8 Å². The van der Waals surface area contributed by atoms with Crippen LogP contribution in [0.5, 0.6) is 0 Å². The fourth-order valence-electron chi connectivity index (χ4n) is 3.05. The number of nitrogens with zero attached hydrogens (tertiary/aromatic N) is 5. The molecular formula is C13H17F3N6O2S. The molecule has 1 saturated heterocycles. The van der Waals surface area contributed by atoms with E-state index in [0.29, 0.717) is 34.4 Å². The van der Waals surface area contributed by atoms with Crippen LogP contribution >= 0.6 is 0 Å². The Bertz CT molecular complexity index is 845.